The zero-order valence-electron chi connectivity index (χ0n) is 12.5. The molecular weight excluding hydrogens is 320 g/mol. The first kappa shape index (κ1) is 14.7. The van der Waals surface area contributed by atoms with Gasteiger partial charge in [0.25, 0.3) is 0 Å². The minimum Gasteiger partial charge on any atom is -0.392 e. The number of fused-ring (bicyclic) bond motifs is 1. The van der Waals surface area contributed by atoms with Gasteiger partial charge < -0.3 is 9.32 Å². The Morgan fingerprint density at radius 2 is 1.88 bits per heavy atom. The lowest BCUT2D eigenvalue weighted by Gasteiger charge is -2.31. The van der Waals surface area contributed by atoms with Crippen LogP contribution in [0.3, 0.4) is 0 Å². The highest BCUT2D eigenvalue weighted by Crippen LogP contribution is 2.28. The lowest BCUT2D eigenvalue weighted by Crippen LogP contribution is -2.33. The molecule has 0 amide bonds. The second kappa shape index (κ2) is 5.66. The Morgan fingerprint density at radius 3 is 2.54 bits per heavy atom. The van der Waals surface area contributed by atoms with Gasteiger partial charge in [0.1, 0.15) is 5.82 Å². The first-order valence-corrected chi connectivity index (χ1v) is 7.52. The zero-order valence-corrected chi connectivity index (χ0v) is 12.5. The molecule has 0 unspecified atom stereocenters. The van der Waals surface area contributed by atoms with Crippen LogP contribution in [0, 0.1) is 11.6 Å². The summed E-state index contributed by atoms with van der Waals surface area (Å²) in [7, 11) is 0. The van der Waals surface area contributed by atoms with Crippen molar-refractivity contribution >= 4 is 16.9 Å². The van der Waals surface area contributed by atoms with Crippen LogP contribution in [0.2, 0.25) is 0 Å². The van der Waals surface area contributed by atoms with Gasteiger partial charge in [0.2, 0.25) is 5.89 Å². The SMILES string of the molecule is O=c1[nH]nc(C2CCN(c3cnc4cc(F)c(F)cc4n3)CC2)o1. The van der Waals surface area contributed by atoms with Crippen LogP contribution in [0.5, 0.6) is 0 Å². The molecule has 1 aliphatic rings. The van der Waals surface area contributed by atoms with E-state index in [0.717, 1.165) is 25.0 Å². The summed E-state index contributed by atoms with van der Waals surface area (Å²) in [4.78, 5) is 21.5. The number of hydrogen-bond donors (Lipinski definition) is 1. The second-order valence-electron chi connectivity index (χ2n) is 5.70. The number of rotatable bonds is 2. The van der Waals surface area contributed by atoms with E-state index < -0.39 is 17.4 Å². The fourth-order valence-corrected chi connectivity index (χ4v) is 2.92. The molecule has 7 nitrogen and oxygen atoms in total. The Labute approximate surface area is 134 Å². The molecule has 0 spiro atoms. The lowest BCUT2D eigenvalue weighted by atomic mass is 9.97. The molecule has 4 rings (SSSR count). The fraction of sp³-hybridized carbons (Fsp3) is 0.333. The van der Waals surface area contributed by atoms with E-state index in [4.69, 9.17) is 4.42 Å². The van der Waals surface area contributed by atoms with Crippen molar-refractivity contribution in [2.75, 3.05) is 18.0 Å². The van der Waals surface area contributed by atoms with Crippen molar-refractivity contribution in [3.05, 3.63) is 46.4 Å². The van der Waals surface area contributed by atoms with E-state index in [-0.39, 0.29) is 5.92 Å². The van der Waals surface area contributed by atoms with Crippen LogP contribution >= 0.6 is 0 Å². The van der Waals surface area contributed by atoms with E-state index in [1.807, 2.05) is 4.90 Å². The molecule has 124 valence electrons. The number of nitrogens with zero attached hydrogens (tertiary/aromatic N) is 4. The maximum absolute atomic E-state index is 13.4. The number of nitrogens with one attached hydrogen (secondary N) is 1. The molecule has 1 saturated heterocycles. The molecule has 1 aromatic carbocycles. The summed E-state index contributed by atoms with van der Waals surface area (Å²) in [5.41, 5.74) is 0.623. The van der Waals surface area contributed by atoms with Crippen molar-refractivity contribution < 1.29 is 13.2 Å². The maximum atomic E-state index is 13.4. The highest BCUT2D eigenvalue weighted by atomic mass is 19.2. The Kier molecular flexibility index (Phi) is 3.47. The monoisotopic (exact) mass is 333 g/mol. The highest BCUT2D eigenvalue weighted by molar-refractivity contribution is 5.75. The van der Waals surface area contributed by atoms with Crippen LogP contribution in [0.15, 0.2) is 27.5 Å². The molecule has 1 fully saturated rings. The van der Waals surface area contributed by atoms with E-state index in [0.29, 0.717) is 35.8 Å². The summed E-state index contributed by atoms with van der Waals surface area (Å²) in [6.07, 6.45) is 3.03. The van der Waals surface area contributed by atoms with Crippen LogP contribution in [0.25, 0.3) is 11.0 Å². The van der Waals surface area contributed by atoms with Crippen LogP contribution in [0.1, 0.15) is 24.7 Å². The number of anilines is 1. The van der Waals surface area contributed by atoms with Crippen molar-refractivity contribution in [1.29, 1.82) is 0 Å². The minimum atomic E-state index is -0.943. The van der Waals surface area contributed by atoms with Gasteiger partial charge in [0.15, 0.2) is 11.6 Å². The number of aromatic nitrogens is 4. The summed E-state index contributed by atoms with van der Waals surface area (Å²) in [5.74, 6) is -1.34. The summed E-state index contributed by atoms with van der Waals surface area (Å²) >= 11 is 0. The summed E-state index contributed by atoms with van der Waals surface area (Å²) < 4.78 is 31.6. The van der Waals surface area contributed by atoms with Crippen molar-refractivity contribution in [2.24, 2.45) is 0 Å². The third-order valence-electron chi connectivity index (χ3n) is 4.19. The number of hydrogen-bond acceptors (Lipinski definition) is 6. The van der Waals surface area contributed by atoms with Gasteiger partial charge in [-0.25, -0.2) is 23.7 Å². The van der Waals surface area contributed by atoms with Gasteiger partial charge in [-0.15, -0.1) is 5.10 Å². The molecule has 2 aromatic heterocycles. The van der Waals surface area contributed by atoms with E-state index in [1.165, 1.54) is 0 Å². The first-order valence-electron chi connectivity index (χ1n) is 7.52. The smallest absolute Gasteiger partial charge is 0.392 e. The molecule has 0 bridgehead atoms. The van der Waals surface area contributed by atoms with Gasteiger partial charge >= 0.3 is 5.76 Å². The van der Waals surface area contributed by atoms with Crippen LogP contribution < -0.4 is 10.7 Å². The number of halogens is 2. The molecule has 0 aliphatic carbocycles. The standard InChI is InChI=1S/C15H13F2N5O2/c16-9-5-11-12(6-10(9)17)19-13(7-18-11)22-3-1-8(2-4-22)14-20-21-15(23)24-14/h5-8H,1-4H2,(H,21,23). The third kappa shape index (κ3) is 2.61. The van der Waals surface area contributed by atoms with Gasteiger partial charge in [-0.05, 0) is 12.8 Å². The number of piperidine rings is 1. The van der Waals surface area contributed by atoms with Gasteiger partial charge in [-0.2, -0.15) is 0 Å². The second-order valence-corrected chi connectivity index (χ2v) is 5.70. The predicted molar refractivity (Wildman–Crippen MR) is 80.8 cm³/mol. The average Bonchev–Trinajstić information content (AvgIpc) is 3.02. The lowest BCUT2D eigenvalue weighted by molar-refractivity contribution is 0.379. The van der Waals surface area contributed by atoms with Gasteiger partial charge in [0, 0.05) is 31.1 Å². The number of benzene rings is 1. The molecule has 24 heavy (non-hydrogen) atoms. The normalized spacial score (nSPS) is 16.0. The Balaban J connectivity index is 1.54. The van der Waals surface area contributed by atoms with Crippen molar-refractivity contribution in [2.45, 2.75) is 18.8 Å². The van der Waals surface area contributed by atoms with Gasteiger partial charge in [-0.1, -0.05) is 0 Å². The third-order valence-corrected chi connectivity index (χ3v) is 4.19. The van der Waals surface area contributed by atoms with E-state index >= 15 is 0 Å². The Morgan fingerprint density at radius 1 is 1.17 bits per heavy atom. The number of aromatic amines is 1. The van der Waals surface area contributed by atoms with Crippen molar-refractivity contribution in [3.63, 3.8) is 0 Å². The maximum Gasteiger partial charge on any atom is 0.434 e. The van der Waals surface area contributed by atoms with Crippen LogP contribution in [-0.2, 0) is 0 Å². The summed E-state index contributed by atoms with van der Waals surface area (Å²) in [6.45, 7) is 1.34. The molecule has 0 radical (unpaired) electrons. The van der Waals surface area contributed by atoms with Crippen LogP contribution in [-0.4, -0.2) is 33.3 Å². The number of H-pyrrole nitrogens is 1. The minimum absolute atomic E-state index is 0.0696. The largest absolute Gasteiger partial charge is 0.434 e. The summed E-state index contributed by atoms with van der Waals surface area (Å²) in [5, 5.41) is 6.13. The summed E-state index contributed by atoms with van der Waals surface area (Å²) in [6, 6.07) is 2.08. The highest BCUT2D eigenvalue weighted by Gasteiger charge is 2.25. The average molecular weight is 333 g/mol. The van der Waals surface area contributed by atoms with Gasteiger partial charge in [0.05, 0.1) is 17.2 Å². The first-order chi connectivity index (χ1) is 11.6. The molecule has 3 heterocycles. The molecular formula is C15H13F2N5O2. The van der Waals surface area contributed by atoms with Gasteiger partial charge in [-0.3, -0.25) is 4.98 Å². The molecule has 9 heteroatoms. The predicted octanol–water partition coefficient (Wildman–Crippen LogP) is 1.97. The Bertz CT molecular complexity index is 946. The van der Waals surface area contributed by atoms with Crippen LogP contribution in [0.4, 0.5) is 14.6 Å². The molecule has 1 aliphatic heterocycles. The Hall–Kier alpha value is -2.84. The van der Waals surface area contributed by atoms with E-state index in [1.54, 1.807) is 6.20 Å². The topological polar surface area (TPSA) is 87.9 Å². The molecule has 3 aromatic rings. The van der Waals surface area contributed by atoms with Crippen molar-refractivity contribution in [3.8, 4) is 0 Å². The van der Waals surface area contributed by atoms with Crippen molar-refractivity contribution in [1.82, 2.24) is 20.2 Å². The fourth-order valence-electron chi connectivity index (χ4n) is 2.92. The quantitative estimate of drug-likeness (QED) is 0.771. The molecule has 0 atom stereocenters. The zero-order chi connectivity index (χ0) is 16.7. The molecule has 0 saturated carbocycles. The molecule has 1 N–H and O–H groups in total. The van der Waals surface area contributed by atoms with E-state index in [9.17, 15) is 13.6 Å². The van der Waals surface area contributed by atoms with E-state index in [2.05, 4.69) is 20.2 Å².